The Morgan fingerprint density at radius 1 is 1.15 bits per heavy atom. The van der Waals surface area contributed by atoms with Gasteiger partial charge in [-0.05, 0) is 29.4 Å². The molecule has 0 spiro atoms. The van der Waals surface area contributed by atoms with Gasteiger partial charge in [0.2, 0.25) is 0 Å². The first-order valence-corrected chi connectivity index (χ1v) is 5.34. The zero-order chi connectivity index (χ0) is 10.0. The molecule has 1 heterocycles. The summed E-state index contributed by atoms with van der Waals surface area (Å²) in [6.07, 6.45) is 1.16. The van der Waals surface area contributed by atoms with Gasteiger partial charge in [0.05, 0.1) is 6.54 Å². The van der Waals surface area contributed by atoms with Crippen LogP contribution in [-0.2, 0) is 0 Å². The molecule has 0 aliphatic carbocycles. The van der Waals surface area contributed by atoms with Gasteiger partial charge in [-0.1, -0.05) is 34.6 Å². The largest absolute Gasteiger partial charge is 0.285 e. The number of rotatable bonds is 3. The van der Waals surface area contributed by atoms with Crippen molar-refractivity contribution in [2.75, 3.05) is 6.54 Å². The minimum Gasteiger partial charge on any atom is -0.285 e. The zero-order valence-electron chi connectivity index (χ0n) is 9.52. The Morgan fingerprint density at radius 2 is 1.77 bits per heavy atom. The molecule has 1 aliphatic heterocycles. The third-order valence-electron chi connectivity index (χ3n) is 2.65. The molecule has 0 amide bonds. The predicted octanol–water partition coefficient (Wildman–Crippen LogP) is 3.46. The van der Waals surface area contributed by atoms with Crippen molar-refractivity contribution in [2.45, 2.75) is 41.0 Å². The maximum absolute atomic E-state index is 4.63. The zero-order valence-corrected chi connectivity index (χ0v) is 9.52. The molecule has 0 N–H and O–H groups in total. The maximum Gasteiger partial charge on any atom is 0.0609 e. The molecule has 0 saturated heterocycles. The van der Waals surface area contributed by atoms with E-state index in [1.54, 1.807) is 5.57 Å². The fourth-order valence-corrected chi connectivity index (χ4v) is 2.03. The lowest BCUT2D eigenvalue weighted by atomic mass is 9.89. The van der Waals surface area contributed by atoms with Crippen LogP contribution in [0.1, 0.15) is 41.0 Å². The molecule has 0 bridgehead atoms. The lowest BCUT2D eigenvalue weighted by molar-refractivity contribution is 0.768. The van der Waals surface area contributed by atoms with Crippen LogP contribution in [0.5, 0.6) is 0 Å². The van der Waals surface area contributed by atoms with Crippen molar-refractivity contribution in [2.24, 2.45) is 16.8 Å². The van der Waals surface area contributed by atoms with Crippen LogP contribution < -0.4 is 0 Å². The Hall–Kier alpha value is -0.590. The topological polar surface area (TPSA) is 12.4 Å². The van der Waals surface area contributed by atoms with Gasteiger partial charge < -0.3 is 0 Å². The summed E-state index contributed by atoms with van der Waals surface area (Å²) >= 11 is 0. The van der Waals surface area contributed by atoms with Crippen molar-refractivity contribution in [3.63, 3.8) is 0 Å². The molecule has 0 fully saturated rings. The second-order valence-corrected chi connectivity index (χ2v) is 4.38. The molecule has 1 rings (SSSR count). The Morgan fingerprint density at radius 3 is 2.15 bits per heavy atom. The molecule has 1 nitrogen and oxygen atoms in total. The van der Waals surface area contributed by atoms with E-state index in [1.165, 1.54) is 11.3 Å². The Kier molecular flexibility index (Phi) is 3.29. The summed E-state index contributed by atoms with van der Waals surface area (Å²) in [5.41, 5.74) is 4.45. The molecule has 1 aliphatic rings. The van der Waals surface area contributed by atoms with Gasteiger partial charge in [-0.3, -0.25) is 4.99 Å². The van der Waals surface area contributed by atoms with Gasteiger partial charge in [-0.15, -0.1) is 0 Å². The standard InChI is InChI=1S/C12H21N/c1-6-10-7-13-12(9(4)5)11(10)8(2)3/h8-9H,6-7H2,1-5H3. The second-order valence-electron chi connectivity index (χ2n) is 4.38. The Labute approximate surface area is 82.0 Å². The average molecular weight is 179 g/mol. The third-order valence-corrected chi connectivity index (χ3v) is 2.65. The highest BCUT2D eigenvalue weighted by molar-refractivity contribution is 6.04. The van der Waals surface area contributed by atoms with Gasteiger partial charge in [-0.25, -0.2) is 0 Å². The highest BCUT2D eigenvalue weighted by Crippen LogP contribution is 2.27. The monoisotopic (exact) mass is 179 g/mol. The van der Waals surface area contributed by atoms with E-state index < -0.39 is 0 Å². The molecular weight excluding hydrogens is 158 g/mol. The molecule has 0 radical (unpaired) electrons. The van der Waals surface area contributed by atoms with Gasteiger partial charge in [-0.2, -0.15) is 0 Å². The van der Waals surface area contributed by atoms with Crippen LogP contribution in [0.2, 0.25) is 0 Å². The van der Waals surface area contributed by atoms with Gasteiger partial charge >= 0.3 is 0 Å². The van der Waals surface area contributed by atoms with Crippen LogP contribution >= 0.6 is 0 Å². The minimum atomic E-state index is 0.585. The van der Waals surface area contributed by atoms with Crippen LogP contribution in [0.3, 0.4) is 0 Å². The fourth-order valence-electron chi connectivity index (χ4n) is 2.03. The van der Waals surface area contributed by atoms with E-state index >= 15 is 0 Å². The third kappa shape index (κ3) is 2.01. The highest BCUT2D eigenvalue weighted by Gasteiger charge is 2.22. The van der Waals surface area contributed by atoms with Crippen molar-refractivity contribution in [3.05, 3.63) is 11.1 Å². The first-order chi connectivity index (χ1) is 6.07. The quantitative estimate of drug-likeness (QED) is 0.629. The van der Waals surface area contributed by atoms with E-state index in [-0.39, 0.29) is 0 Å². The van der Waals surface area contributed by atoms with Gasteiger partial charge in [0.15, 0.2) is 0 Å². The molecule has 0 atom stereocenters. The molecular formula is C12H21N. The second kappa shape index (κ2) is 4.08. The summed E-state index contributed by atoms with van der Waals surface area (Å²) in [5, 5.41) is 0. The summed E-state index contributed by atoms with van der Waals surface area (Å²) < 4.78 is 0. The average Bonchev–Trinajstić information content (AvgIpc) is 2.46. The maximum atomic E-state index is 4.63. The molecule has 13 heavy (non-hydrogen) atoms. The molecule has 0 aromatic heterocycles. The first-order valence-electron chi connectivity index (χ1n) is 5.34. The van der Waals surface area contributed by atoms with E-state index in [4.69, 9.17) is 0 Å². The summed E-state index contributed by atoms with van der Waals surface area (Å²) in [6, 6.07) is 0. The Bertz CT molecular complexity index is 244. The molecule has 0 aromatic carbocycles. The van der Waals surface area contributed by atoms with Crippen LogP contribution in [-0.4, -0.2) is 12.3 Å². The molecule has 74 valence electrons. The lowest BCUT2D eigenvalue weighted by Gasteiger charge is -2.15. The number of nitrogens with zero attached hydrogens (tertiary/aromatic N) is 1. The van der Waals surface area contributed by atoms with Crippen molar-refractivity contribution in [1.82, 2.24) is 0 Å². The van der Waals surface area contributed by atoms with Crippen molar-refractivity contribution in [1.29, 1.82) is 0 Å². The van der Waals surface area contributed by atoms with E-state index in [9.17, 15) is 0 Å². The van der Waals surface area contributed by atoms with Crippen LogP contribution in [0.4, 0.5) is 0 Å². The molecule has 1 heteroatoms. The predicted molar refractivity (Wildman–Crippen MR) is 59.3 cm³/mol. The van der Waals surface area contributed by atoms with E-state index in [2.05, 4.69) is 39.6 Å². The number of allylic oxidation sites excluding steroid dienone is 1. The number of aliphatic imine (C=N–C) groups is 1. The van der Waals surface area contributed by atoms with Crippen molar-refractivity contribution in [3.8, 4) is 0 Å². The summed E-state index contributed by atoms with van der Waals surface area (Å²) in [7, 11) is 0. The molecule has 0 saturated carbocycles. The summed E-state index contributed by atoms with van der Waals surface area (Å²) in [6.45, 7) is 12.2. The molecule has 0 unspecified atom stereocenters. The van der Waals surface area contributed by atoms with Gasteiger partial charge in [0.25, 0.3) is 0 Å². The number of hydrogen-bond acceptors (Lipinski definition) is 1. The van der Waals surface area contributed by atoms with Crippen LogP contribution in [0, 0.1) is 11.8 Å². The SMILES string of the molecule is CCC1=C(C(C)C)C(C(C)C)=NC1. The smallest absolute Gasteiger partial charge is 0.0609 e. The molecule has 0 aromatic rings. The highest BCUT2D eigenvalue weighted by atomic mass is 14.8. The van der Waals surface area contributed by atoms with Crippen molar-refractivity contribution >= 4 is 5.71 Å². The van der Waals surface area contributed by atoms with Crippen LogP contribution in [0.15, 0.2) is 16.1 Å². The Balaban J connectivity index is 2.96. The van der Waals surface area contributed by atoms with E-state index in [0.717, 1.165) is 13.0 Å². The van der Waals surface area contributed by atoms with Crippen LogP contribution in [0.25, 0.3) is 0 Å². The fraction of sp³-hybridized carbons (Fsp3) is 0.750. The van der Waals surface area contributed by atoms with Crippen molar-refractivity contribution < 1.29 is 0 Å². The van der Waals surface area contributed by atoms with Gasteiger partial charge in [0.1, 0.15) is 0 Å². The number of hydrogen-bond donors (Lipinski definition) is 0. The first kappa shape index (κ1) is 10.5. The van der Waals surface area contributed by atoms with Gasteiger partial charge in [0, 0.05) is 5.71 Å². The van der Waals surface area contributed by atoms with E-state index in [0.29, 0.717) is 11.8 Å². The lowest BCUT2D eigenvalue weighted by Crippen LogP contribution is -2.13. The minimum absolute atomic E-state index is 0.585. The normalized spacial score (nSPS) is 17.6. The summed E-state index contributed by atoms with van der Waals surface area (Å²) in [5.74, 6) is 1.22. The van der Waals surface area contributed by atoms with E-state index in [1.807, 2.05) is 0 Å². The summed E-state index contributed by atoms with van der Waals surface area (Å²) in [4.78, 5) is 4.63.